The van der Waals surface area contributed by atoms with Crippen molar-refractivity contribution in [3.63, 3.8) is 0 Å². The Morgan fingerprint density at radius 3 is 2.73 bits per heavy atom. The molecule has 4 aliphatic rings. The van der Waals surface area contributed by atoms with Crippen molar-refractivity contribution in [3.8, 4) is 0 Å². The van der Waals surface area contributed by atoms with E-state index >= 15 is 0 Å². The second-order valence-electron chi connectivity index (χ2n) is 10.1. The van der Waals surface area contributed by atoms with Gasteiger partial charge in [-0.3, -0.25) is 23.5 Å². The van der Waals surface area contributed by atoms with Gasteiger partial charge in [-0.1, -0.05) is 6.92 Å². The Bertz CT molecular complexity index is 1310. The first kappa shape index (κ1) is 24.8. The van der Waals surface area contributed by atoms with Crippen molar-refractivity contribution in [1.29, 1.82) is 0 Å². The minimum Gasteiger partial charge on any atom is -0.389 e. The molecule has 0 radical (unpaired) electrons. The van der Waals surface area contributed by atoms with Crippen LogP contribution >= 0.6 is 0 Å². The molecule has 1 aromatic rings. The van der Waals surface area contributed by atoms with Crippen LogP contribution in [0.2, 0.25) is 0 Å². The summed E-state index contributed by atoms with van der Waals surface area (Å²) in [6, 6.07) is -0.734. The number of likely N-dealkylation sites (tertiary alicyclic amines) is 1. The van der Waals surface area contributed by atoms with E-state index in [0.29, 0.717) is 18.1 Å². The third-order valence-corrected chi connectivity index (χ3v) is 7.56. The fourth-order valence-electron chi connectivity index (χ4n) is 5.13. The average molecular weight is 511 g/mol. The Hall–Kier alpha value is -3.83. The minimum absolute atomic E-state index is 0.178. The summed E-state index contributed by atoms with van der Waals surface area (Å²) < 4.78 is 2.25. The molecule has 0 aromatic carbocycles. The third-order valence-electron chi connectivity index (χ3n) is 7.56. The molecule has 3 atom stereocenters. The summed E-state index contributed by atoms with van der Waals surface area (Å²) >= 11 is 0. The first-order chi connectivity index (χ1) is 17.8. The number of fused-ring (bicyclic) bond motifs is 2. The molecule has 0 spiro atoms. The van der Waals surface area contributed by atoms with E-state index < -0.39 is 17.3 Å². The van der Waals surface area contributed by atoms with Gasteiger partial charge in [0.15, 0.2) is 5.78 Å². The maximum atomic E-state index is 13.4. The molecule has 4 heterocycles. The van der Waals surface area contributed by atoms with Gasteiger partial charge < -0.3 is 25.8 Å². The Labute approximate surface area is 214 Å². The molecular weight excluding hydrogens is 476 g/mol. The summed E-state index contributed by atoms with van der Waals surface area (Å²) in [7, 11) is 1.54. The van der Waals surface area contributed by atoms with E-state index in [1.165, 1.54) is 18.0 Å². The fraction of sp³-hybridized carbons (Fsp3) is 0.560. The van der Waals surface area contributed by atoms with E-state index in [4.69, 9.17) is 0 Å². The molecule has 5 rings (SSSR count). The average Bonchev–Trinajstić information content (AvgIpc) is 3.28. The standard InChI is InChI=1S/C25H34N8O4/c1-4-19(34)13-32-24(36)21-22(30(3)25(32)37)28-14-33(21)15(2)23(35)29-18-9-20(27-7-5-6-26-10-18)31-11-16-8-17(16)12-31/h7,9-10,15-17,26,28H,4-6,8,11-14H2,1-3H3,(H,29,35)/t15-,16?,17?/m0/s1. The Morgan fingerprint density at radius 2 is 2.00 bits per heavy atom. The summed E-state index contributed by atoms with van der Waals surface area (Å²) in [6.07, 6.45) is 7.84. The lowest BCUT2D eigenvalue weighted by Crippen LogP contribution is -2.48. The zero-order valence-electron chi connectivity index (χ0n) is 21.5. The van der Waals surface area contributed by atoms with Gasteiger partial charge in [0.2, 0.25) is 5.91 Å². The number of piperidine rings is 1. The zero-order chi connectivity index (χ0) is 26.3. The number of carbonyl (C=O) groups is 2. The van der Waals surface area contributed by atoms with Gasteiger partial charge in [0.25, 0.3) is 5.56 Å². The summed E-state index contributed by atoms with van der Waals surface area (Å²) in [6.45, 7) is 5.94. The van der Waals surface area contributed by atoms with Crippen molar-refractivity contribution in [1.82, 2.24) is 24.7 Å². The zero-order valence-corrected chi connectivity index (χ0v) is 21.5. The predicted molar refractivity (Wildman–Crippen MR) is 140 cm³/mol. The number of Topliss-reactive ketones (excluding diaryl/α,β-unsaturated/α-hetero) is 1. The number of allylic oxidation sites excluding steroid dienone is 1. The van der Waals surface area contributed by atoms with Crippen LogP contribution in [0.15, 0.2) is 38.4 Å². The predicted octanol–water partition coefficient (Wildman–Crippen LogP) is -0.0812. The topological polar surface area (TPSA) is 133 Å². The molecule has 198 valence electrons. The molecule has 12 heteroatoms. The minimum atomic E-state index is -0.734. The van der Waals surface area contributed by atoms with Crippen LogP contribution in [0.5, 0.6) is 0 Å². The highest BCUT2D eigenvalue weighted by Gasteiger charge is 2.45. The first-order valence-corrected chi connectivity index (χ1v) is 12.9. The van der Waals surface area contributed by atoms with Gasteiger partial charge in [-0.05, 0) is 25.2 Å². The molecule has 1 saturated carbocycles. The summed E-state index contributed by atoms with van der Waals surface area (Å²) in [5.74, 6) is 2.14. The van der Waals surface area contributed by atoms with E-state index in [9.17, 15) is 19.2 Å². The van der Waals surface area contributed by atoms with Crippen LogP contribution in [0.3, 0.4) is 0 Å². The van der Waals surface area contributed by atoms with Crippen LogP contribution in [0.1, 0.15) is 33.1 Å². The molecule has 2 fully saturated rings. The van der Waals surface area contributed by atoms with Crippen LogP contribution in [0.4, 0.5) is 11.5 Å². The Balaban J connectivity index is 1.38. The second kappa shape index (κ2) is 9.91. The normalized spacial score (nSPS) is 22.9. The van der Waals surface area contributed by atoms with E-state index in [1.54, 1.807) is 24.9 Å². The lowest BCUT2D eigenvalue weighted by atomic mass is 10.2. The highest BCUT2D eigenvalue weighted by Crippen LogP contribution is 2.46. The maximum Gasteiger partial charge on any atom is 0.332 e. The largest absolute Gasteiger partial charge is 0.389 e. The van der Waals surface area contributed by atoms with Crippen molar-refractivity contribution in [3.05, 3.63) is 44.6 Å². The van der Waals surface area contributed by atoms with E-state index in [1.807, 2.05) is 12.3 Å². The van der Waals surface area contributed by atoms with Crippen molar-refractivity contribution in [2.45, 2.75) is 45.7 Å². The monoisotopic (exact) mass is 510 g/mol. The quantitative estimate of drug-likeness (QED) is 0.464. The summed E-state index contributed by atoms with van der Waals surface area (Å²) in [5, 5.41) is 9.25. The molecule has 3 aliphatic heterocycles. The number of anilines is 2. The maximum absolute atomic E-state index is 13.4. The molecule has 0 bridgehead atoms. The van der Waals surface area contributed by atoms with Crippen molar-refractivity contribution in [2.75, 3.05) is 36.5 Å². The van der Waals surface area contributed by atoms with Crippen LogP contribution in [-0.2, 0) is 23.2 Å². The number of amides is 1. The molecule has 1 saturated heterocycles. The van der Waals surface area contributed by atoms with Crippen LogP contribution in [0, 0.1) is 11.8 Å². The van der Waals surface area contributed by atoms with Gasteiger partial charge >= 0.3 is 5.69 Å². The molecule has 1 amide bonds. The molecule has 3 N–H and O–H groups in total. The third kappa shape index (κ3) is 4.79. The van der Waals surface area contributed by atoms with Gasteiger partial charge in [0.05, 0.1) is 18.9 Å². The number of aliphatic imine (C=N–C) groups is 1. The van der Waals surface area contributed by atoms with Crippen molar-refractivity contribution in [2.24, 2.45) is 23.9 Å². The van der Waals surface area contributed by atoms with Gasteiger partial charge in [0, 0.05) is 58.0 Å². The number of aromatic nitrogens is 2. The second-order valence-corrected chi connectivity index (χ2v) is 10.1. The highest BCUT2D eigenvalue weighted by atomic mass is 16.2. The highest BCUT2D eigenvalue weighted by molar-refractivity contribution is 5.89. The number of hydrogen-bond acceptors (Lipinski definition) is 9. The molecule has 1 aliphatic carbocycles. The molecule has 12 nitrogen and oxygen atoms in total. The van der Waals surface area contributed by atoms with E-state index in [0.717, 1.165) is 41.7 Å². The molecule has 37 heavy (non-hydrogen) atoms. The molecule has 1 aromatic heterocycles. The number of rotatable bonds is 7. The van der Waals surface area contributed by atoms with Crippen LogP contribution in [-0.4, -0.2) is 64.3 Å². The van der Waals surface area contributed by atoms with Gasteiger partial charge in [-0.2, -0.15) is 0 Å². The molecular formula is C25H34N8O4. The number of nitrogens with one attached hydrogen (secondary N) is 3. The lowest BCUT2D eigenvalue weighted by Gasteiger charge is -2.25. The van der Waals surface area contributed by atoms with Gasteiger partial charge in [-0.25, -0.2) is 9.79 Å². The summed E-state index contributed by atoms with van der Waals surface area (Å²) in [4.78, 5) is 60.0. The Kier molecular flexibility index (Phi) is 6.65. The summed E-state index contributed by atoms with van der Waals surface area (Å²) in [5.41, 5.74) is -0.369. The van der Waals surface area contributed by atoms with Crippen LogP contribution < -0.4 is 32.1 Å². The van der Waals surface area contributed by atoms with E-state index in [2.05, 4.69) is 25.8 Å². The fourth-order valence-corrected chi connectivity index (χ4v) is 5.13. The SMILES string of the molecule is CCC(=O)Cn1c(=O)c2c(n(C)c1=O)NCN2[C@@H](C)C(=O)NC1=CNCCC=NC(N2CC3CC3C2)=C1. The number of nitrogens with zero attached hydrogens (tertiary/aromatic N) is 5. The lowest BCUT2D eigenvalue weighted by molar-refractivity contribution is -0.121. The molecule has 2 unspecified atom stereocenters. The van der Waals surface area contributed by atoms with Gasteiger partial charge in [-0.15, -0.1) is 0 Å². The smallest absolute Gasteiger partial charge is 0.332 e. The number of carbonyl (C=O) groups excluding carboxylic acids is 2. The van der Waals surface area contributed by atoms with Crippen molar-refractivity contribution < 1.29 is 9.59 Å². The van der Waals surface area contributed by atoms with E-state index in [-0.39, 0.29) is 37.0 Å². The Morgan fingerprint density at radius 1 is 1.24 bits per heavy atom. The van der Waals surface area contributed by atoms with Crippen LogP contribution in [0.25, 0.3) is 0 Å². The van der Waals surface area contributed by atoms with Gasteiger partial charge in [0.1, 0.15) is 23.4 Å². The number of ketones is 1. The van der Waals surface area contributed by atoms with Crippen molar-refractivity contribution >= 4 is 29.4 Å². The first-order valence-electron chi connectivity index (χ1n) is 12.9. The number of hydrogen-bond donors (Lipinski definition) is 3.